The van der Waals surface area contributed by atoms with Gasteiger partial charge < -0.3 is 4.90 Å². The Labute approximate surface area is 87.0 Å². The van der Waals surface area contributed by atoms with Gasteiger partial charge in [0.15, 0.2) is 13.3 Å². The first-order valence-corrected chi connectivity index (χ1v) is 5.29. The van der Waals surface area contributed by atoms with Crippen LogP contribution in [-0.4, -0.2) is 48.7 Å². The molecule has 0 aliphatic carbocycles. The molecule has 0 bridgehead atoms. The Bertz CT molecular complexity index is 241. The van der Waals surface area contributed by atoms with Gasteiger partial charge in [-0.15, -0.1) is 6.42 Å². The summed E-state index contributed by atoms with van der Waals surface area (Å²) in [4.78, 5) is 6.53. The zero-order valence-corrected chi connectivity index (χ0v) is 9.24. The van der Waals surface area contributed by atoms with E-state index < -0.39 is 0 Å². The molecule has 0 aromatic carbocycles. The molecule has 1 atom stereocenters. The molecule has 1 aliphatic heterocycles. The van der Waals surface area contributed by atoms with Crippen LogP contribution in [0.3, 0.4) is 0 Å². The molecular weight excluding hydrogens is 174 g/mol. The lowest BCUT2D eigenvalue weighted by Gasteiger charge is -2.41. The van der Waals surface area contributed by atoms with E-state index in [9.17, 15) is 0 Å². The summed E-state index contributed by atoms with van der Waals surface area (Å²) >= 11 is 0. The summed E-state index contributed by atoms with van der Waals surface area (Å²) < 4.78 is 1.05. The monoisotopic (exact) mass is 194 g/mol. The van der Waals surface area contributed by atoms with Crippen LogP contribution in [0.1, 0.15) is 20.3 Å². The van der Waals surface area contributed by atoms with Crippen molar-refractivity contribution < 1.29 is 4.48 Å². The van der Waals surface area contributed by atoms with Gasteiger partial charge in [0, 0.05) is 0 Å². The first kappa shape index (κ1) is 11.1. The minimum atomic E-state index is 0.674. The highest BCUT2D eigenvalue weighted by Crippen LogP contribution is 2.12. The fourth-order valence-electron chi connectivity index (χ4n) is 1.97. The van der Waals surface area contributed by atoms with E-state index in [0.717, 1.165) is 24.4 Å². The Morgan fingerprint density at radius 3 is 2.93 bits per heavy atom. The molecule has 14 heavy (non-hydrogen) atoms. The molecule has 0 radical (unpaired) electrons. The molecule has 1 heterocycles. The molecule has 0 amide bonds. The maximum absolute atomic E-state index is 5.30. The van der Waals surface area contributed by atoms with E-state index in [-0.39, 0.29) is 0 Å². The highest BCUT2D eigenvalue weighted by Gasteiger charge is 2.28. The van der Waals surface area contributed by atoms with Crippen molar-refractivity contribution in [1.82, 2.24) is 4.90 Å². The summed E-state index contributed by atoms with van der Waals surface area (Å²) in [6.07, 6.45) is 8.40. The molecular formula is C11H20N3+. The van der Waals surface area contributed by atoms with Gasteiger partial charge in [0.1, 0.15) is 0 Å². The number of quaternary nitrogens is 1. The second kappa shape index (κ2) is 5.02. The van der Waals surface area contributed by atoms with Crippen molar-refractivity contribution in [3.63, 3.8) is 0 Å². The highest BCUT2D eigenvalue weighted by molar-refractivity contribution is 5.55. The number of hydrogen-bond donors (Lipinski definition) is 0. The molecule has 0 saturated carbocycles. The normalized spacial score (nSPS) is 26.2. The first-order valence-electron chi connectivity index (χ1n) is 5.29. The van der Waals surface area contributed by atoms with Gasteiger partial charge in [-0.1, -0.05) is 12.8 Å². The minimum absolute atomic E-state index is 0.674. The van der Waals surface area contributed by atoms with E-state index in [1.165, 1.54) is 13.0 Å². The number of nitrogens with zero attached hydrogens (tertiary/aromatic N) is 3. The molecule has 0 aromatic rings. The maximum Gasteiger partial charge on any atom is 0.175 e. The third-order valence-electron chi connectivity index (χ3n) is 2.77. The van der Waals surface area contributed by atoms with Crippen LogP contribution < -0.4 is 0 Å². The first-order chi connectivity index (χ1) is 6.76. The van der Waals surface area contributed by atoms with Gasteiger partial charge in [0.05, 0.1) is 26.0 Å². The SMILES string of the molecule is C#CCN1C=NC[N+](CC)(CCC)C1. The average molecular weight is 194 g/mol. The van der Waals surface area contributed by atoms with Crippen molar-refractivity contribution in [3.05, 3.63) is 0 Å². The Morgan fingerprint density at radius 1 is 1.57 bits per heavy atom. The Balaban J connectivity index is 2.63. The highest BCUT2D eigenvalue weighted by atomic mass is 15.5. The number of terminal acetylenes is 1. The van der Waals surface area contributed by atoms with Crippen molar-refractivity contribution in [2.75, 3.05) is 33.0 Å². The summed E-state index contributed by atoms with van der Waals surface area (Å²) in [5.41, 5.74) is 0. The van der Waals surface area contributed by atoms with Gasteiger partial charge >= 0.3 is 0 Å². The van der Waals surface area contributed by atoms with Gasteiger partial charge in [-0.2, -0.15) is 0 Å². The van der Waals surface area contributed by atoms with Crippen LogP contribution in [0.5, 0.6) is 0 Å². The maximum atomic E-state index is 5.30. The van der Waals surface area contributed by atoms with E-state index in [1.807, 2.05) is 6.34 Å². The lowest BCUT2D eigenvalue weighted by molar-refractivity contribution is -0.935. The lowest BCUT2D eigenvalue weighted by Crippen LogP contribution is -2.57. The fourth-order valence-corrected chi connectivity index (χ4v) is 1.97. The quantitative estimate of drug-likeness (QED) is 0.484. The molecule has 0 fully saturated rings. The predicted molar refractivity (Wildman–Crippen MR) is 59.7 cm³/mol. The second-order valence-electron chi connectivity index (χ2n) is 3.91. The molecule has 3 nitrogen and oxygen atoms in total. The van der Waals surface area contributed by atoms with Crippen molar-refractivity contribution in [1.29, 1.82) is 0 Å². The summed E-state index contributed by atoms with van der Waals surface area (Å²) in [6.45, 7) is 9.36. The van der Waals surface area contributed by atoms with Crippen molar-refractivity contribution in [3.8, 4) is 12.3 Å². The topological polar surface area (TPSA) is 15.6 Å². The number of rotatable bonds is 4. The molecule has 1 rings (SSSR count). The third-order valence-corrected chi connectivity index (χ3v) is 2.77. The fraction of sp³-hybridized carbons (Fsp3) is 0.727. The van der Waals surface area contributed by atoms with Gasteiger partial charge in [0.25, 0.3) is 0 Å². The zero-order chi connectivity index (χ0) is 10.4. The molecule has 78 valence electrons. The van der Waals surface area contributed by atoms with Gasteiger partial charge in [-0.3, -0.25) is 4.48 Å². The van der Waals surface area contributed by atoms with E-state index >= 15 is 0 Å². The standard InChI is InChI=1S/C11H20N3/c1-4-7-13-9-12-10-14(6-3,11-13)8-5-2/h1,9H,5-8,10-11H2,2-3H3/q+1. The summed E-state index contributed by atoms with van der Waals surface area (Å²) in [5, 5.41) is 0. The Hall–Kier alpha value is -1.01. The van der Waals surface area contributed by atoms with Crippen LogP contribution in [0.15, 0.2) is 4.99 Å². The second-order valence-corrected chi connectivity index (χ2v) is 3.91. The predicted octanol–water partition coefficient (Wildman–Crippen LogP) is 1.13. The van der Waals surface area contributed by atoms with Gasteiger partial charge in [-0.25, -0.2) is 4.99 Å². The summed E-state index contributed by atoms with van der Waals surface area (Å²) in [6, 6.07) is 0. The van der Waals surface area contributed by atoms with Gasteiger partial charge in [-0.05, 0) is 13.3 Å². The third kappa shape index (κ3) is 2.49. The van der Waals surface area contributed by atoms with E-state index in [1.54, 1.807) is 0 Å². The van der Waals surface area contributed by atoms with Crippen molar-refractivity contribution in [2.45, 2.75) is 20.3 Å². The van der Waals surface area contributed by atoms with E-state index in [0.29, 0.717) is 6.54 Å². The van der Waals surface area contributed by atoms with E-state index in [4.69, 9.17) is 6.42 Å². The molecule has 0 spiro atoms. The molecule has 0 saturated heterocycles. The smallest absolute Gasteiger partial charge is 0.175 e. The average Bonchev–Trinajstić information content (AvgIpc) is 2.19. The minimum Gasteiger partial charge on any atom is -0.304 e. The zero-order valence-electron chi connectivity index (χ0n) is 9.24. The molecule has 0 N–H and O–H groups in total. The number of hydrogen-bond acceptors (Lipinski definition) is 2. The summed E-state index contributed by atoms with van der Waals surface area (Å²) in [7, 11) is 0. The Morgan fingerprint density at radius 2 is 2.36 bits per heavy atom. The van der Waals surface area contributed by atoms with Crippen LogP contribution in [0.25, 0.3) is 0 Å². The van der Waals surface area contributed by atoms with Crippen molar-refractivity contribution in [2.24, 2.45) is 4.99 Å². The molecule has 0 aromatic heterocycles. The van der Waals surface area contributed by atoms with Crippen molar-refractivity contribution >= 4 is 6.34 Å². The Kier molecular flexibility index (Phi) is 3.97. The molecule has 1 aliphatic rings. The van der Waals surface area contributed by atoms with Gasteiger partial charge in [0.2, 0.25) is 0 Å². The van der Waals surface area contributed by atoms with Crippen LogP contribution in [-0.2, 0) is 0 Å². The number of aliphatic imine (C=N–C) groups is 1. The van der Waals surface area contributed by atoms with Crippen LogP contribution in [0.4, 0.5) is 0 Å². The van der Waals surface area contributed by atoms with Crippen LogP contribution in [0, 0.1) is 12.3 Å². The largest absolute Gasteiger partial charge is 0.304 e. The lowest BCUT2D eigenvalue weighted by atomic mass is 10.3. The van der Waals surface area contributed by atoms with Crippen LogP contribution >= 0.6 is 0 Å². The van der Waals surface area contributed by atoms with E-state index in [2.05, 4.69) is 29.7 Å². The summed E-state index contributed by atoms with van der Waals surface area (Å²) in [5.74, 6) is 2.67. The molecule has 3 heteroatoms. The molecule has 1 unspecified atom stereocenters. The van der Waals surface area contributed by atoms with Crippen LogP contribution in [0.2, 0.25) is 0 Å².